The molecule has 0 bridgehead atoms. The molecule has 164 valence electrons. The van der Waals surface area contributed by atoms with Crippen LogP contribution in [0.2, 0.25) is 0 Å². The van der Waals surface area contributed by atoms with Gasteiger partial charge >= 0.3 is 0 Å². The van der Waals surface area contributed by atoms with Crippen molar-refractivity contribution >= 4 is 17.5 Å². The van der Waals surface area contributed by atoms with Gasteiger partial charge in [-0.3, -0.25) is 9.59 Å². The molecular formula is C26H25FN2O3. The highest BCUT2D eigenvalue weighted by molar-refractivity contribution is 6.01. The summed E-state index contributed by atoms with van der Waals surface area (Å²) in [6.45, 7) is 5.69. The Balaban J connectivity index is 1.79. The van der Waals surface area contributed by atoms with Crippen molar-refractivity contribution in [2.45, 2.75) is 32.9 Å². The van der Waals surface area contributed by atoms with Crippen LogP contribution in [-0.2, 0) is 4.79 Å². The van der Waals surface area contributed by atoms with Gasteiger partial charge in [-0.15, -0.1) is 0 Å². The molecule has 1 atom stereocenters. The van der Waals surface area contributed by atoms with E-state index in [1.54, 1.807) is 36.4 Å². The zero-order chi connectivity index (χ0) is 22.8. The van der Waals surface area contributed by atoms with Crippen LogP contribution in [0.4, 0.5) is 10.1 Å². The van der Waals surface area contributed by atoms with Gasteiger partial charge < -0.3 is 15.0 Å². The first-order valence-corrected chi connectivity index (χ1v) is 10.6. The third-order valence-electron chi connectivity index (χ3n) is 5.32. The van der Waals surface area contributed by atoms with E-state index < -0.39 is 6.04 Å². The molecule has 0 fully saturated rings. The predicted octanol–water partition coefficient (Wildman–Crippen LogP) is 5.11. The minimum absolute atomic E-state index is 0.0217. The number of ether oxygens (including phenoxy) is 1. The summed E-state index contributed by atoms with van der Waals surface area (Å²) >= 11 is 0. The van der Waals surface area contributed by atoms with Gasteiger partial charge in [0.1, 0.15) is 18.1 Å². The maximum atomic E-state index is 13.6. The Hall–Kier alpha value is -3.67. The van der Waals surface area contributed by atoms with Gasteiger partial charge in [0, 0.05) is 16.8 Å². The van der Waals surface area contributed by atoms with E-state index in [4.69, 9.17) is 4.74 Å². The van der Waals surface area contributed by atoms with Gasteiger partial charge in [-0.2, -0.15) is 0 Å². The topological polar surface area (TPSA) is 58.6 Å². The molecule has 4 rings (SSSR count). The third-order valence-corrected chi connectivity index (χ3v) is 5.32. The minimum Gasteiger partial charge on any atom is -0.491 e. The van der Waals surface area contributed by atoms with E-state index in [0.717, 1.165) is 16.7 Å². The van der Waals surface area contributed by atoms with E-state index in [-0.39, 0.29) is 30.3 Å². The van der Waals surface area contributed by atoms with Crippen molar-refractivity contribution in [3.8, 4) is 5.75 Å². The Morgan fingerprint density at radius 3 is 2.41 bits per heavy atom. The van der Waals surface area contributed by atoms with Crippen LogP contribution in [0.1, 0.15) is 46.9 Å². The number of nitrogens with zero attached hydrogens (tertiary/aromatic N) is 1. The zero-order valence-electron chi connectivity index (χ0n) is 18.3. The van der Waals surface area contributed by atoms with E-state index >= 15 is 0 Å². The first-order chi connectivity index (χ1) is 15.3. The number of benzene rings is 3. The number of anilines is 1. The normalized spacial score (nSPS) is 15.7. The smallest absolute Gasteiger partial charge is 0.255 e. The molecule has 0 aliphatic carbocycles. The average molecular weight is 432 g/mol. The van der Waals surface area contributed by atoms with Crippen LogP contribution < -0.4 is 10.1 Å². The molecule has 6 heteroatoms. The highest BCUT2D eigenvalue weighted by Crippen LogP contribution is 2.37. The summed E-state index contributed by atoms with van der Waals surface area (Å²) in [5.41, 5.74) is 3.59. The Bertz CT molecular complexity index is 1140. The number of fused-ring (bicyclic) bond motifs is 1. The average Bonchev–Trinajstić information content (AvgIpc) is 2.90. The van der Waals surface area contributed by atoms with E-state index in [0.29, 0.717) is 17.0 Å². The Kier molecular flexibility index (Phi) is 5.95. The summed E-state index contributed by atoms with van der Waals surface area (Å²) in [4.78, 5) is 27.8. The number of aryl methyl sites for hydroxylation is 1. The van der Waals surface area contributed by atoms with Crippen molar-refractivity contribution in [2.24, 2.45) is 0 Å². The van der Waals surface area contributed by atoms with Crippen LogP contribution in [-0.4, -0.2) is 29.4 Å². The lowest BCUT2D eigenvalue weighted by molar-refractivity contribution is -0.117. The fraction of sp³-hybridized carbons (Fsp3) is 0.231. The van der Waals surface area contributed by atoms with Gasteiger partial charge in [0.25, 0.3) is 5.91 Å². The summed E-state index contributed by atoms with van der Waals surface area (Å²) in [7, 11) is 0. The molecular weight excluding hydrogens is 407 g/mol. The van der Waals surface area contributed by atoms with Crippen LogP contribution in [0.3, 0.4) is 0 Å². The molecule has 0 radical (unpaired) electrons. The fourth-order valence-electron chi connectivity index (χ4n) is 3.93. The maximum absolute atomic E-state index is 13.6. The Morgan fingerprint density at radius 1 is 1.06 bits per heavy atom. The fourth-order valence-corrected chi connectivity index (χ4v) is 3.93. The molecule has 1 heterocycles. The number of nitrogens with one attached hydrogen (secondary N) is 1. The quantitative estimate of drug-likeness (QED) is 0.624. The van der Waals surface area contributed by atoms with Crippen molar-refractivity contribution in [3.63, 3.8) is 0 Å². The number of hydrogen-bond donors (Lipinski definition) is 1. The van der Waals surface area contributed by atoms with Crippen LogP contribution in [0.15, 0.2) is 66.7 Å². The lowest BCUT2D eigenvalue weighted by atomic mass is 9.94. The van der Waals surface area contributed by atoms with Gasteiger partial charge in [0.15, 0.2) is 0 Å². The lowest BCUT2D eigenvalue weighted by Crippen LogP contribution is -2.39. The second-order valence-electron chi connectivity index (χ2n) is 8.22. The highest BCUT2D eigenvalue weighted by Gasteiger charge is 2.34. The van der Waals surface area contributed by atoms with Crippen molar-refractivity contribution in [2.75, 3.05) is 11.9 Å². The van der Waals surface area contributed by atoms with Crippen molar-refractivity contribution in [1.82, 2.24) is 4.90 Å². The van der Waals surface area contributed by atoms with Crippen LogP contribution >= 0.6 is 0 Å². The van der Waals surface area contributed by atoms with Gasteiger partial charge in [-0.05, 0) is 68.8 Å². The summed E-state index contributed by atoms with van der Waals surface area (Å²) < 4.78 is 19.3. The van der Waals surface area contributed by atoms with Gasteiger partial charge in [0.05, 0.1) is 12.1 Å². The number of carbonyl (C=O) groups is 2. The molecule has 3 aromatic rings. The highest BCUT2D eigenvalue weighted by atomic mass is 19.1. The summed E-state index contributed by atoms with van der Waals surface area (Å²) in [6.07, 6.45) is 0.0217. The summed E-state index contributed by atoms with van der Waals surface area (Å²) in [6, 6.07) is 18.1. The second-order valence-corrected chi connectivity index (χ2v) is 8.22. The monoisotopic (exact) mass is 432 g/mol. The van der Waals surface area contributed by atoms with Crippen LogP contribution in [0.5, 0.6) is 5.75 Å². The largest absolute Gasteiger partial charge is 0.491 e. The van der Waals surface area contributed by atoms with Crippen LogP contribution in [0.25, 0.3) is 0 Å². The molecule has 5 nitrogen and oxygen atoms in total. The van der Waals surface area contributed by atoms with Gasteiger partial charge in [-0.25, -0.2) is 4.39 Å². The van der Waals surface area contributed by atoms with Crippen molar-refractivity contribution in [3.05, 3.63) is 94.8 Å². The van der Waals surface area contributed by atoms with Gasteiger partial charge in [0.2, 0.25) is 5.91 Å². The Labute approximate surface area is 186 Å². The summed E-state index contributed by atoms with van der Waals surface area (Å²) in [5, 5.41) is 2.90. The molecule has 0 aromatic heterocycles. The molecule has 32 heavy (non-hydrogen) atoms. The van der Waals surface area contributed by atoms with E-state index in [9.17, 15) is 14.0 Å². The minimum atomic E-state index is -0.552. The number of rotatable bonds is 4. The molecule has 2 amide bonds. The third kappa shape index (κ3) is 4.49. The molecule has 0 saturated heterocycles. The molecule has 1 aliphatic rings. The molecule has 0 unspecified atom stereocenters. The maximum Gasteiger partial charge on any atom is 0.255 e. The van der Waals surface area contributed by atoms with Gasteiger partial charge in [-0.1, -0.05) is 29.8 Å². The number of amides is 2. The number of carbonyl (C=O) groups excluding carboxylic acids is 2. The van der Waals surface area contributed by atoms with Crippen molar-refractivity contribution in [1.29, 1.82) is 0 Å². The standard InChI is InChI=1S/C26H25FN2O3/c1-16(2)32-21-11-7-19(8-12-21)26(31)29-15-24(30)28-23-13-4-17(3)14-22(23)25(29)18-5-9-20(27)10-6-18/h4-14,16,25H,15H2,1-3H3,(H,28,30)/t25-/m0/s1. The van der Waals surface area contributed by atoms with E-state index in [2.05, 4.69) is 5.32 Å². The zero-order valence-corrected chi connectivity index (χ0v) is 18.3. The van der Waals surface area contributed by atoms with Crippen LogP contribution in [0, 0.1) is 12.7 Å². The summed E-state index contributed by atoms with van der Waals surface area (Å²) in [5.74, 6) is -0.270. The second kappa shape index (κ2) is 8.83. The van der Waals surface area contributed by atoms with E-state index in [1.807, 2.05) is 39.0 Å². The Morgan fingerprint density at radius 2 is 1.75 bits per heavy atom. The first-order valence-electron chi connectivity index (χ1n) is 10.6. The van der Waals surface area contributed by atoms with E-state index in [1.165, 1.54) is 17.0 Å². The molecule has 3 aromatic carbocycles. The molecule has 1 N–H and O–H groups in total. The predicted molar refractivity (Wildman–Crippen MR) is 121 cm³/mol. The number of hydrogen-bond acceptors (Lipinski definition) is 3. The molecule has 1 aliphatic heterocycles. The SMILES string of the molecule is Cc1ccc2c(c1)[C@H](c1ccc(F)cc1)N(C(=O)c1ccc(OC(C)C)cc1)CC(=O)N2. The van der Waals surface area contributed by atoms with Crippen molar-refractivity contribution < 1.29 is 18.7 Å². The molecule has 0 spiro atoms. The first kappa shape index (κ1) is 21.6. The molecule has 0 saturated carbocycles. The lowest BCUT2D eigenvalue weighted by Gasteiger charge is -2.31. The number of halogens is 1.